The summed E-state index contributed by atoms with van der Waals surface area (Å²) in [6.45, 7) is 2.15. The highest BCUT2D eigenvalue weighted by Crippen LogP contribution is 2.30. The van der Waals surface area contributed by atoms with Crippen molar-refractivity contribution in [3.8, 4) is 11.5 Å². The van der Waals surface area contributed by atoms with Crippen molar-refractivity contribution in [1.82, 2.24) is 10.2 Å². The van der Waals surface area contributed by atoms with Crippen molar-refractivity contribution in [3.05, 3.63) is 95.1 Å². The minimum absolute atomic E-state index is 0.0389. The number of hydrogen-bond acceptors (Lipinski definition) is 5. The number of nitrogens with one attached hydrogen (secondary N) is 1. The maximum absolute atomic E-state index is 12.5. The molecule has 3 aromatic carbocycles. The summed E-state index contributed by atoms with van der Waals surface area (Å²) >= 11 is 0. The van der Waals surface area contributed by atoms with Crippen LogP contribution in [0.25, 0.3) is 0 Å². The number of ether oxygens (including phenoxy) is 2. The van der Waals surface area contributed by atoms with Gasteiger partial charge in [0, 0.05) is 13.1 Å². The lowest BCUT2D eigenvalue weighted by molar-refractivity contribution is 0.0642. The fraction of sp³-hybridized carbons (Fsp3) is 0.200. The topological polar surface area (TPSA) is 67.9 Å². The molecule has 5 rings (SSSR count). The van der Waals surface area contributed by atoms with Gasteiger partial charge in [-0.15, -0.1) is 0 Å². The molecule has 2 aliphatic heterocycles. The van der Waals surface area contributed by atoms with E-state index in [9.17, 15) is 9.59 Å². The second-order valence-corrected chi connectivity index (χ2v) is 7.69. The van der Waals surface area contributed by atoms with Gasteiger partial charge >= 0.3 is 0 Å². The largest absolute Gasteiger partial charge is 0.486 e. The molecule has 1 atom stereocenters. The summed E-state index contributed by atoms with van der Waals surface area (Å²) in [5.41, 5.74) is 2.98. The highest BCUT2D eigenvalue weighted by molar-refractivity contribution is 6.21. The van der Waals surface area contributed by atoms with Crippen LogP contribution in [-0.4, -0.2) is 36.0 Å². The molecule has 31 heavy (non-hydrogen) atoms. The van der Waals surface area contributed by atoms with Gasteiger partial charge < -0.3 is 14.8 Å². The van der Waals surface area contributed by atoms with Crippen LogP contribution in [0.15, 0.2) is 72.8 Å². The van der Waals surface area contributed by atoms with Crippen molar-refractivity contribution >= 4 is 11.8 Å². The summed E-state index contributed by atoms with van der Waals surface area (Å²) in [7, 11) is 0. The average Bonchev–Trinajstić information content (AvgIpc) is 3.05. The lowest BCUT2D eigenvalue weighted by Crippen LogP contribution is -2.38. The van der Waals surface area contributed by atoms with E-state index in [1.54, 1.807) is 24.3 Å². The molecule has 2 amide bonds. The van der Waals surface area contributed by atoms with E-state index in [0.717, 1.165) is 22.6 Å². The number of fused-ring (bicyclic) bond motifs is 2. The van der Waals surface area contributed by atoms with Crippen LogP contribution in [0, 0.1) is 0 Å². The summed E-state index contributed by atoms with van der Waals surface area (Å²) in [5.74, 6) is 1.09. The lowest BCUT2D eigenvalue weighted by Gasteiger charge is -2.26. The van der Waals surface area contributed by atoms with Crippen molar-refractivity contribution in [2.45, 2.75) is 19.2 Å². The number of hydrogen-bond donors (Lipinski definition) is 1. The summed E-state index contributed by atoms with van der Waals surface area (Å²) in [6.07, 6.45) is -0.0389. The molecule has 0 saturated carbocycles. The van der Waals surface area contributed by atoms with Crippen LogP contribution in [0.4, 0.5) is 0 Å². The van der Waals surface area contributed by atoms with Crippen molar-refractivity contribution in [3.63, 3.8) is 0 Å². The highest BCUT2D eigenvalue weighted by atomic mass is 16.6. The van der Waals surface area contributed by atoms with Gasteiger partial charge in [0.15, 0.2) is 11.5 Å². The van der Waals surface area contributed by atoms with Gasteiger partial charge in [0.1, 0.15) is 12.7 Å². The van der Waals surface area contributed by atoms with Crippen LogP contribution >= 0.6 is 0 Å². The van der Waals surface area contributed by atoms with E-state index >= 15 is 0 Å². The molecule has 2 aliphatic rings. The molecule has 0 saturated heterocycles. The smallest absolute Gasteiger partial charge is 0.261 e. The van der Waals surface area contributed by atoms with Crippen LogP contribution in [0.5, 0.6) is 11.5 Å². The van der Waals surface area contributed by atoms with Crippen LogP contribution in [0.3, 0.4) is 0 Å². The van der Waals surface area contributed by atoms with Crippen LogP contribution in [0.2, 0.25) is 0 Å². The third-order valence-electron chi connectivity index (χ3n) is 5.51. The molecular weight excluding hydrogens is 392 g/mol. The Morgan fingerprint density at radius 2 is 1.42 bits per heavy atom. The third kappa shape index (κ3) is 3.90. The van der Waals surface area contributed by atoms with E-state index in [2.05, 4.69) is 5.32 Å². The predicted octanol–water partition coefficient (Wildman–Crippen LogP) is 3.41. The molecule has 6 nitrogen and oxygen atoms in total. The summed E-state index contributed by atoms with van der Waals surface area (Å²) < 4.78 is 11.7. The third-order valence-corrected chi connectivity index (χ3v) is 5.51. The zero-order chi connectivity index (χ0) is 21.2. The molecule has 0 aliphatic carbocycles. The van der Waals surface area contributed by atoms with Crippen molar-refractivity contribution in [2.24, 2.45) is 0 Å². The van der Waals surface area contributed by atoms with Crippen molar-refractivity contribution in [1.29, 1.82) is 0 Å². The molecule has 1 N–H and O–H groups in total. The van der Waals surface area contributed by atoms with Gasteiger partial charge in [0.2, 0.25) is 0 Å². The number of nitrogens with zero attached hydrogens (tertiary/aromatic N) is 1. The Kier molecular flexibility index (Phi) is 5.14. The number of carbonyl (C=O) groups is 2. The molecule has 0 bridgehead atoms. The first kappa shape index (κ1) is 19.3. The lowest BCUT2D eigenvalue weighted by atomic mass is 10.1. The summed E-state index contributed by atoms with van der Waals surface area (Å²) in [6, 6.07) is 22.6. The molecule has 6 heteroatoms. The minimum atomic E-state index is -0.234. The second kappa shape index (κ2) is 8.24. The van der Waals surface area contributed by atoms with Gasteiger partial charge in [-0.05, 0) is 35.4 Å². The molecule has 156 valence electrons. The van der Waals surface area contributed by atoms with Crippen molar-refractivity contribution in [2.75, 3.05) is 13.2 Å². The monoisotopic (exact) mass is 414 g/mol. The number of carbonyl (C=O) groups excluding carboxylic acids is 2. The molecular formula is C25H22N2O4. The Morgan fingerprint density at radius 3 is 2.13 bits per heavy atom. The quantitative estimate of drug-likeness (QED) is 0.626. The SMILES string of the molecule is O=C1c2ccccc2C(=O)N1Cc1ccc(CNCC2COc3ccccc3O2)cc1. The molecule has 2 heterocycles. The minimum Gasteiger partial charge on any atom is -0.486 e. The zero-order valence-electron chi connectivity index (χ0n) is 16.9. The number of amides is 2. The molecule has 0 aromatic heterocycles. The van der Waals surface area contributed by atoms with Crippen LogP contribution in [0.1, 0.15) is 31.8 Å². The number of rotatable bonds is 6. The Hall–Kier alpha value is -3.64. The van der Waals surface area contributed by atoms with Gasteiger partial charge in [-0.25, -0.2) is 0 Å². The van der Waals surface area contributed by atoms with E-state index in [0.29, 0.717) is 30.8 Å². The maximum atomic E-state index is 12.5. The standard InChI is InChI=1S/C25H22N2O4/c28-24-20-5-1-2-6-21(20)25(29)27(24)15-18-11-9-17(10-12-18)13-26-14-19-16-30-22-7-3-4-8-23(22)31-19/h1-12,19,26H,13-16H2. The number of benzene rings is 3. The number of para-hydroxylation sites is 2. The predicted molar refractivity (Wildman–Crippen MR) is 115 cm³/mol. The van der Waals surface area contributed by atoms with Crippen LogP contribution < -0.4 is 14.8 Å². The van der Waals surface area contributed by atoms with Gasteiger partial charge in [-0.3, -0.25) is 14.5 Å². The van der Waals surface area contributed by atoms with Gasteiger partial charge in [0.05, 0.1) is 17.7 Å². The molecule has 1 unspecified atom stereocenters. The average molecular weight is 414 g/mol. The molecule has 0 spiro atoms. The van der Waals surface area contributed by atoms with E-state index < -0.39 is 0 Å². The van der Waals surface area contributed by atoms with Crippen LogP contribution in [-0.2, 0) is 13.1 Å². The molecule has 0 fully saturated rings. The van der Waals surface area contributed by atoms with E-state index in [1.807, 2.05) is 48.5 Å². The van der Waals surface area contributed by atoms with Crippen molar-refractivity contribution < 1.29 is 19.1 Å². The fourth-order valence-corrected chi connectivity index (χ4v) is 3.87. The highest BCUT2D eigenvalue weighted by Gasteiger charge is 2.34. The zero-order valence-corrected chi connectivity index (χ0v) is 16.9. The van der Waals surface area contributed by atoms with E-state index in [-0.39, 0.29) is 24.5 Å². The normalized spacial score (nSPS) is 17.0. The first-order valence-electron chi connectivity index (χ1n) is 10.3. The second-order valence-electron chi connectivity index (χ2n) is 7.69. The van der Waals surface area contributed by atoms with E-state index in [4.69, 9.17) is 9.47 Å². The van der Waals surface area contributed by atoms with Gasteiger partial charge in [-0.1, -0.05) is 48.5 Å². The molecule has 3 aromatic rings. The number of imide groups is 1. The Labute approximate surface area is 180 Å². The Balaban J connectivity index is 1.14. The first-order chi connectivity index (χ1) is 15.2. The Morgan fingerprint density at radius 1 is 0.806 bits per heavy atom. The summed E-state index contributed by atoms with van der Waals surface area (Å²) in [4.78, 5) is 26.3. The van der Waals surface area contributed by atoms with Gasteiger partial charge in [-0.2, -0.15) is 0 Å². The first-order valence-corrected chi connectivity index (χ1v) is 10.3. The van der Waals surface area contributed by atoms with E-state index in [1.165, 1.54) is 4.90 Å². The van der Waals surface area contributed by atoms with Gasteiger partial charge in [0.25, 0.3) is 11.8 Å². The fourth-order valence-electron chi connectivity index (χ4n) is 3.87. The maximum Gasteiger partial charge on any atom is 0.261 e. The Bertz CT molecular complexity index is 1090. The molecule has 0 radical (unpaired) electrons. The summed E-state index contributed by atoms with van der Waals surface area (Å²) in [5, 5.41) is 3.40.